The second kappa shape index (κ2) is 5.88. The van der Waals surface area contributed by atoms with E-state index in [0.717, 1.165) is 32.1 Å². The molecule has 0 aromatic carbocycles. The van der Waals surface area contributed by atoms with Gasteiger partial charge in [-0.1, -0.05) is 20.8 Å². The van der Waals surface area contributed by atoms with Crippen LogP contribution in [0.3, 0.4) is 0 Å². The molecule has 1 N–H and O–H groups in total. The maximum absolute atomic E-state index is 5.74. The molecule has 19 heavy (non-hydrogen) atoms. The summed E-state index contributed by atoms with van der Waals surface area (Å²) >= 11 is 0. The number of morpholine rings is 1. The van der Waals surface area contributed by atoms with Crippen LogP contribution in [0.4, 0.5) is 5.82 Å². The molecule has 4 nitrogen and oxygen atoms in total. The highest BCUT2D eigenvalue weighted by atomic mass is 16.5. The third kappa shape index (κ3) is 4.18. The van der Waals surface area contributed by atoms with Gasteiger partial charge in [0.25, 0.3) is 0 Å². The van der Waals surface area contributed by atoms with Gasteiger partial charge in [0.2, 0.25) is 0 Å². The van der Waals surface area contributed by atoms with Gasteiger partial charge < -0.3 is 15.0 Å². The highest BCUT2D eigenvalue weighted by molar-refractivity contribution is 5.40. The van der Waals surface area contributed by atoms with Crippen LogP contribution in [-0.2, 0) is 10.2 Å². The van der Waals surface area contributed by atoms with Crippen LogP contribution in [0, 0.1) is 0 Å². The topological polar surface area (TPSA) is 37.4 Å². The fourth-order valence-electron chi connectivity index (χ4n) is 2.20. The maximum atomic E-state index is 5.74. The van der Waals surface area contributed by atoms with Gasteiger partial charge >= 0.3 is 0 Å². The van der Waals surface area contributed by atoms with Crippen LogP contribution >= 0.6 is 0 Å². The predicted molar refractivity (Wildman–Crippen MR) is 78.7 cm³/mol. The Kier molecular flexibility index (Phi) is 4.42. The summed E-state index contributed by atoms with van der Waals surface area (Å²) in [5.41, 5.74) is 1.45. The second-order valence-electron chi connectivity index (χ2n) is 6.32. The molecule has 2 rings (SSSR count). The molecule has 1 unspecified atom stereocenters. The molecule has 1 aromatic rings. The van der Waals surface area contributed by atoms with E-state index in [0.29, 0.717) is 0 Å². The van der Waals surface area contributed by atoms with Crippen molar-refractivity contribution in [3.63, 3.8) is 0 Å². The number of aromatic nitrogens is 1. The van der Waals surface area contributed by atoms with Crippen molar-refractivity contribution in [3.05, 3.63) is 23.9 Å². The summed E-state index contributed by atoms with van der Waals surface area (Å²) in [6, 6.07) is 4.21. The summed E-state index contributed by atoms with van der Waals surface area (Å²) in [5.74, 6) is 0.934. The summed E-state index contributed by atoms with van der Waals surface area (Å²) in [6.45, 7) is 10.3. The van der Waals surface area contributed by atoms with E-state index in [9.17, 15) is 0 Å². The lowest BCUT2D eigenvalue weighted by Gasteiger charge is -2.30. The Morgan fingerprint density at radius 3 is 2.95 bits per heavy atom. The van der Waals surface area contributed by atoms with Crippen LogP contribution < -0.4 is 5.32 Å². The normalized spacial score (nSPS) is 21.4. The summed E-state index contributed by atoms with van der Waals surface area (Å²) < 4.78 is 5.74. The lowest BCUT2D eigenvalue weighted by atomic mass is 9.88. The number of nitrogens with one attached hydrogen (secondary N) is 1. The van der Waals surface area contributed by atoms with Gasteiger partial charge in [0.1, 0.15) is 5.82 Å². The van der Waals surface area contributed by atoms with E-state index in [4.69, 9.17) is 4.74 Å². The first kappa shape index (κ1) is 14.3. The minimum atomic E-state index is 0.154. The van der Waals surface area contributed by atoms with Crippen molar-refractivity contribution in [3.8, 4) is 0 Å². The smallest absolute Gasteiger partial charge is 0.126 e. The van der Waals surface area contributed by atoms with Gasteiger partial charge in [-0.15, -0.1) is 0 Å². The van der Waals surface area contributed by atoms with E-state index in [1.54, 1.807) is 0 Å². The Balaban J connectivity index is 1.92. The van der Waals surface area contributed by atoms with Gasteiger partial charge in [0.15, 0.2) is 0 Å². The van der Waals surface area contributed by atoms with Crippen LogP contribution in [-0.4, -0.2) is 49.3 Å². The van der Waals surface area contributed by atoms with Gasteiger partial charge in [-0.3, -0.25) is 0 Å². The van der Waals surface area contributed by atoms with Gasteiger partial charge in [-0.25, -0.2) is 4.98 Å². The number of pyridine rings is 1. The standard InChI is InChI=1S/C15H25N3O/c1-15(2,3)12-5-6-16-14(9-12)17-10-13-11-18(4)7-8-19-13/h5-6,9,13H,7-8,10-11H2,1-4H3,(H,16,17). The van der Waals surface area contributed by atoms with Gasteiger partial charge in [-0.05, 0) is 30.2 Å². The van der Waals surface area contributed by atoms with Crippen LogP contribution in [0.15, 0.2) is 18.3 Å². The molecule has 1 aliphatic heterocycles. The molecular weight excluding hydrogens is 238 g/mol. The predicted octanol–water partition coefficient (Wildman–Crippen LogP) is 2.12. The third-order valence-corrected chi connectivity index (χ3v) is 3.48. The van der Waals surface area contributed by atoms with E-state index in [2.05, 4.69) is 55.2 Å². The first-order valence-corrected chi connectivity index (χ1v) is 6.96. The van der Waals surface area contributed by atoms with Gasteiger partial charge in [0.05, 0.1) is 12.7 Å². The molecule has 0 amide bonds. The van der Waals surface area contributed by atoms with Crippen LogP contribution in [0.1, 0.15) is 26.3 Å². The fourth-order valence-corrected chi connectivity index (χ4v) is 2.20. The minimum Gasteiger partial charge on any atom is -0.374 e. The van der Waals surface area contributed by atoms with Crippen molar-refractivity contribution in [2.24, 2.45) is 0 Å². The Hall–Kier alpha value is -1.13. The number of likely N-dealkylation sites (N-methyl/N-ethyl adjacent to an activating group) is 1. The van der Waals surface area contributed by atoms with Crippen LogP contribution in [0.2, 0.25) is 0 Å². The summed E-state index contributed by atoms with van der Waals surface area (Å²) in [7, 11) is 2.13. The molecule has 2 heterocycles. The SMILES string of the molecule is CN1CCOC(CNc2cc(C(C)(C)C)ccn2)C1. The van der Waals surface area contributed by atoms with E-state index in [1.807, 2.05) is 6.20 Å². The molecule has 1 saturated heterocycles. The number of ether oxygens (including phenoxy) is 1. The zero-order valence-electron chi connectivity index (χ0n) is 12.4. The van der Waals surface area contributed by atoms with E-state index < -0.39 is 0 Å². The maximum Gasteiger partial charge on any atom is 0.126 e. The quantitative estimate of drug-likeness (QED) is 0.906. The highest BCUT2D eigenvalue weighted by Crippen LogP contribution is 2.23. The molecule has 1 atom stereocenters. The lowest BCUT2D eigenvalue weighted by Crippen LogP contribution is -2.43. The lowest BCUT2D eigenvalue weighted by molar-refractivity contribution is -0.0117. The average Bonchev–Trinajstić information content (AvgIpc) is 2.36. The molecular formula is C15H25N3O. The number of rotatable bonds is 3. The molecule has 1 aliphatic rings. The van der Waals surface area contributed by atoms with Crippen molar-refractivity contribution in [1.29, 1.82) is 0 Å². The van der Waals surface area contributed by atoms with Crippen molar-refractivity contribution < 1.29 is 4.74 Å². The number of anilines is 1. The largest absolute Gasteiger partial charge is 0.374 e. The second-order valence-corrected chi connectivity index (χ2v) is 6.32. The summed E-state index contributed by atoms with van der Waals surface area (Å²) in [5, 5.41) is 3.38. The first-order chi connectivity index (χ1) is 8.95. The van der Waals surface area contributed by atoms with Crippen molar-refractivity contribution >= 4 is 5.82 Å². The zero-order valence-corrected chi connectivity index (χ0v) is 12.4. The van der Waals surface area contributed by atoms with E-state index in [-0.39, 0.29) is 11.5 Å². The minimum absolute atomic E-state index is 0.154. The van der Waals surface area contributed by atoms with Crippen molar-refractivity contribution in [1.82, 2.24) is 9.88 Å². The summed E-state index contributed by atoms with van der Waals surface area (Å²) in [6.07, 6.45) is 2.12. The van der Waals surface area contributed by atoms with Gasteiger partial charge in [0, 0.05) is 25.8 Å². The Bertz CT molecular complexity index is 414. The number of hydrogen-bond donors (Lipinski definition) is 1. The first-order valence-electron chi connectivity index (χ1n) is 6.96. The molecule has 0 aliphatic carbocycles. The van der Waals surface area contributed by atoms with E-state index in [1.165, 1.54) is 5.56 Å². The van der Waals surface area contributed by atoms with Crippen LogP contribution in [0.5, 0.6) is 0 Å². The van der Waals surface area contributed by atoms with Gasteiger partial charge in [-0.2, -0.15) is 0 Å². The number of nitrogens with zero attached hydrogens (tertiary/aromatic N) is 2. The van der Waals surface area contributed by atoms with Crippen molar-refractivity contribution in [2.45, 2.75) is 32.3 Å². The highest BCUT2D eigenvalue weighted by Gasteiger charge is 2.18. The average molecular weight is 263 g/mol. The molecule has 1 fully saturated rings. The third-order valence-electron chi connectivity index (χ3n) is 3.48. The molecule has 0 spiro atoms. The Labute approximate surface area is 116 Å². The fraction of sp³-hybridized carbons (Fsp3) is 0.667. The molecule has 4 heteroatoms. The molecule has 1 aromatic heterocycles. The van der Waals surface area contributed by atoms with Crippen molar-refractivity contribution in [2.75, 3.05) is 38.6 Å². The molecule has 0 radical (unpaired) electrons. The Morgan fingerprint density at radius 2 is 2.26 bits per heavy atom. The number of hydrogen-bond acceptors (Lipinski definition) is 4. The zero-order chi connectivity index (χ0) is 13.9. The molecule has 0 saturated carbocycles. The molecule has 0 bridgehead atoms. The molecule has 106 valence electrons. The Morgan fingerprint density at radius 1 is 1.47 bits per heavy atom. The van der Waals surface area contributed by atoms with E-state index >= 15 is 0 Å². The van der Waals surface area contributed by atoms with Crippen LogP contribution in [0.25, 0.3) is 0 Å². The monoisotopic (exact) mass is 263 g/mol. The summed E-state index contributed by atoms with van der Waals surface area (Å²) in [4.78, 5) is 6.68.